The van der Waals surface area contributed by atoms with Crippen molar-refractivity contribution >= 4 is 5.97 Å². The summed E-state index contributed by atoms with van der Waals surface area (Å²) in [5, 5.41) is 8.75. The Kier molecular flexibility index (Phi) is 4.20. The largest absolute Gasteiger partial charge is 0.481 e. The number of benzene rings is 1. The Morgan fingerprint density at radius 3 is 1.94 bits per heavy atom. The van der Waals surface area contributed by atoms with Gasteiger partial charge >= 0.3 is 5.97 Å². The first-order valence-electron chi connectivity index (χ1n) is 6.41. The van der Waals surface area contributed by atoms with E-state index >= 15 is 0 Å². The Hall–Kier alpha value is -1.31. The highest BCUT2D eigenvalue weighted by Gasteiger charge is 2.27. The predicted molar refractivity (Wildman–Crippen MR) is 74.9 cm³/mol. The zero-order valence-electron chi connectivity index (χ0n) is 12.1. The minimum Gasteiger partial charge on any atom is -0.481 e. The lowest BCUT2D eigenvalue weighted by Crippen LogP contribution is -2.24. The molecule has 0 radical (unpaired) electrons. The second-order valence-electron chi connectivity index (χ2n) is 6.89. The Bertz CT molecular complexity index is 408. The van der Waals surface area contributed by atoms with Gasteiger partial charge in [-0.1, -0.05) is 58.9 Å². The molecule has 0 bridgehead atoms. The number of carbonyl (C=O) groups is 1. The van der Waals surface area contributed by atoms with Gasteiger partial charge in [0.1, 0.15) is 0 Å². The third kappa shape index (κ3) is 4.52. The van der Waals surface area contributed by atoms with E-state index in [9.17, 15) is 4.79 Å². The minimum absolute atomic E-state index is 0.0972. The van der Waals surface area contributed by atoms with Crippen molar-refractivity contribution in [3.8, 4) is 0 Å². The summed E-state index contributed by atoms with van der Waals surface area (Å²) in [4.78, 5) is 10.6. The van der Waals surface area contributed by atoms with Crippen molar-refractivity contribution < 1.29 is 9.90 Å². The van der Waals surface area contributed by atoms with Gasteiger partial charge in [-0.3, -0.25) is 4.79 Å². The maximum absolute atomic E-state index is 10.6. The molecule has 0 aliphatic carbocycles. The average Bonchev–Trinajstić information content (AvgIpc) is 2.13. The third-order valence-electron chi connectivity index (χ3n) is 3.06. The molecule has 0 amide bonds. The van der Waals surface area contributed by atoms with Gasteiger partial charge in [-0.15, -0.1) is 0 Å². The summed E-state index contributed by atoms with van der Waals surface area (Å²) in [6.45, 7) is 11.2. The maximum atomic E-state index is 10.6. The molecule has 2 heteroatoms. The number of aliphatic carboxylic acids is 1. The lowest BCUT2D eigenvalue weighted by atomic mass is 9.72. The minimum atomic E-state index is -0.781. The van der Waals surface area contributed by atoms with Crippen LogP contribution in [0.1, 0.15) is 52.2 Å². The second kappa shape index (κ2) is 5.13. The summed E-state index contributed by atoms with van der Waals surface area (Å²) in [5.74, 6) is -0.781. The van der Waals surface area contributed by atoms with Gasteiger partial charge in [-0.05, 0) is 28.4 Å². The fourth-order valence-electron chi connectivity index (χ4n) is 2.68. The summed E-state index contributed by atoms with van der Waals surface area (Å²) in [6.07, 6.45) is 1.19. The molecule has 1 N–H and O–H groups in total. The fraction of sp³-hybridized carbons (Fsp3) is 0.562. The lowest BCUT2D eigenvalue weighted by molar-refractivity contribution is -0.136. The molecule has 0 fully saturated rings. The van der Waals surface area contributed by atoms with Crippen LogP contribution in [0.5, 0.6) is 0 Å². The van der Waals surface area contributed by atoms with Gasteiger partial charge in [0.25, 0.3) is 0 Å². The van der Waals surface area contributed by atoms with Gasteiger partial charge in [0, 0.05) is 0 Å². The van der Waals surface area contributed by atoms with E-state index in [4.69, 9.17) is 5.11 Å². The molecule has 1 aromatic rings. The van der Waals surface area contributed by atoms with Crippen molar-refractivity contribution in [3.63, 3.8) is 0 Å². The van der Waals surface area contributed by atoms with Crippen LogP contribution in [0.2, 0.25) is 0 Å². The highest BCUT2D eigenvalue weighted by Crippen LogP contribution is 2.36. The number of hydrogen-bond donors (Lipinski definition) is 1. The molecule has 2 nitrogen and oxygen atoms in total. The first kappa shape index (κ1) is 14.7. The Morgan fingerprint density at radius 2 is 1.56 bits per heavy atom. The molecule has 0 spiro atoms. The first-order valence-corrected chi connectivity index (χ1v) is 6.41. The molecule has 0 saturated heterocycles. The Balaban J connectivity index is 2.87. The summed E-state index contributed by atoms with van der Waals surface area (Å²) in [5.41, 5.74) is 2.52. The van der Waals surface area contributed by atoms with Crippen LogP contribution in [0.3, 0.4) is 0 Å². The van der Waals surface area contributed by atoms with Crippen LogP contribution in [0, 0.1) is 5.41 Å². The van der Waals surface area contributed by atoms with E-state index in [0.717, 1.165) is 12.0 Å². The van der Waals surface area contributed by atoms with Crippen molar-refractivity contribution in [1.82, 2.24) is 0 Å². The van der Waals surface area contributed by atoms with Crippen LogP contribution in [-0.2, 0) is 16.6 Å². The molecular formula is C16H24O2. The van der Waals surface area contributed by atoms with E-state index < -0.39 is 5.97 Å². The molecule has 1 aromatic carbocycles. The van der Waals surface area contributed by atoms with Gasteiger partial charge in [0.15, 0.2) is 0 Å². The van der Waals surface area contributed by atoms with Gasteiger partial charge in [0.05, 0.1) is 6.42 Å². The molecule has 0 aliphatic heterocycles. The van der Waals surface area contributed by atoms with Crippen molar-refractivity contribution in [2.75, 3.05) is 0 Å². The molecular weight excluding hydrogens is 224 g/mol. The van der Waals surface area contributed by atoms with Gasteiger partial charge in [-0.25, -0.2) is 0 Å². The van der Waals surface area contributed by atoms with Crippen LogP contribution >= 0.6 is 0 Å². The maximum Gasteiger partial charge on any atom is 0.307 e. The Morgan fingerprint density at radius 1 is 1.06 bits per heavy atom. The fourth-order valence-corrected chi connectivity index (χ4v) is 2.68. The topological polar surface area (TPSA) is 37.3 Å². The second-order valence-corrected chi connectivity index (χ2v) is 6.89. The van der Waals surface area contributed by atoms with Crippen molar-refractivity contribution in [2.45, 2.75) is 52.9 Å². The van der Waals surface area contributed by atoms with E-state index in [1.54, 1.807) is 0 Å². The van der Waals surface area contributed by atoms with E-state index in [1.165, 1.54) is 5.56 Å². The molecule has 0 atom stereocenters. The standard InChI is InChI=1S/C16H24O2/c1-15(2,3)11-16(4,5)13-8-6-12(7-9-13)10-14(17)18/h6-9H,10-11H2,1-5H3,(H,17,18). The molecule has 0 aromatic heterocycles. The van der Waals surface area contributed by atoms with E-state index in [-0.39, 0.29) is 17.3 Å². The number of rotatable bonds is 4. The van der Waals surface area contributed by atoms with Crippen molar-refractivity contribution in [3.05, 3.63) is 35.4 Å². The highest BCUT2D eigenvalue weighted by atomic mass is 16.4. The molecule has 0 heterocycles. The highest BCUT2D eigenvalue weighted by molar-refractivity contribution is 5.70. The molecule has 0 saturated carbocycles. The van der Waals surface area contributed by atoms with Gasteiger partial charge in [-0.2, -0.15) is 0 Å². The zero-order valence-corrected chi connectivity index (χ0v) is 12.1. The van der Waals surface area contributed by atoms with Crippen LogP contribution in [0.25, 0.3) is 0 Å². The summed E-state index contributed by atoms with van der Waals surface area (Å²) < 4.78 is 0. The first-order chi connectivity index (χ1) is 8.10. The van der Waals surface area contributed by atoms with E-state index in [0.29, 0.717) is 0 Å². The van der Waals surface area contributed by atoms with Crippen LogP contribution in [0.15, 0.2) is 24.3 Å². The van der Waals surface area contributed by atoms with E-state index in [2.05, 4.69) is 46.8 Å². The monoisotopic (exact) mass is 248 g/mol. The molecule has 100 valence electrons. The summed E-state index contributed by atoms with van der Waals surface area (Å²) in [6, 6.07) is 7.97. The Labute approximate surface area is 110 Å². The smallest absolute Gasteiger partial charge is 0.307 e. The van der Waals surface area contributed by atoms with Crippen LogP contribution < -0.4 is 0 Å². The van der Waals surface area contributed by atoms with Gasteiger partial charge in [0.2, 0.25) is 0 Å². The number of carboxylic acids is 1. The summed E-state index contributed by atoms with van der Waals surface area (Å²) >= 11 is 0. The van der Waals surface area contributed by atoms with Gasteiger partial charge < -0.3 is 5.11 Å². The quantitative estimate of drug-likeness (QED) is 0.873. The third-order valence-corrected chi connectivity index (χ3v) is 3.06. The molecule has 0 unspecified atom stereocenters. The normalized spacial score (nSPS) is 12.5. The predicted octanol–water partition coefficient (Wildman–Crippen LogP) is 4.03. The molecule has 18 heavy (non-hydrogen) atoms. The van der Waals surface area contributed by atoms with E-state index in [1.807, 2.05) is 12.1 Å². The summed E-state index contributed by atoms with van der Waals surface area (Å²) in [7, 11) is 0. The number of hydrogen-bond acceptors (Lipinski definition) is 1. The lowest BCUT2D eigenvalue weighted by Gasteiger charge is -2.33. The van der Waals surface area contributed by atoms with Crippen molar-refractivity contribution in [2.24, 2.45) is 5.41 Å². The van der Waals surface area contributed by atoms with Crippen molar-refractivity contribution in [1.29, 1.82) is 0 Å². The zero-order chi connectivity index (χ0) is 14.0. The van der Waals surface area contributed by atoms with Crippen LogP contribution in [0.4, 0.5) is 0 Å². The van der Waals surface area contributed by atoms with Crippen LogP contribution in [-0.4, -0.2) is 11.1 Å². The average molecular weight is 248 g/mol. The number of carboxylic acid groups (broad SMARTS) is 1. The molecule has 1 rings (SSSR count). The molecule has 0 aliphatic rings. The SMILES string of the molecule is CC(C)(C)CC(C)(C)c1ccc(CC(=O)O)cc1.